The molecule has 2 heterocycles. The monoisotopic (exact) mass is 461 g/mol. The molecule has 0 saturated carbocycles. The number of aliphatic imine (C=N–C) groups is 1. The van der Waals surface area contributed by atoms with Crippen LogP contribution in [0.5, 0.6) is 0 Å². The molecule has 2 fully saturated rings. The van der Waals surface area contributed by atoms with Crippen molar-refractivity contribution < 1.29 is 24.0 Å². The molecule has 0 spiro atoms. The van der Waals surface area contributed by atoms with Crippen LogP contribution in [0.3, 0.4) is 0 Å². The number of primary amides is 1. The van der Waals surface area contributed by atoms with Gasteiger partial charge in [-0.25, -0.2) is 14.8 Å². The number of piperidine rings is 1. The highest BCUT2D eigenvalue weighted by Crippen LogP contribution is 2.22. The lowest BCUT2D eigenvalue weighted by atomic mass is 9.96. The predicted octanol–water partition coefficient (Wildman–Crippen LogP) is 1.36. The van der Waals surface area contributed by atoms with E-state index in [0.29, 0.717) is 24.1 Å². The molecule has 10 nitrogen and oxygen atoms in total. The summed E-state index contributed by atoms with van der Waals surface area (Å²) in [5.74, 6) is -2.60. The van der Waals surface area contributed by atoms with Crippen molar-refractivity contribution in [1.29, 1.82) is 0 Å². The second kappa shape index (κ2) is 10.1. The molecule has 0 bridgehead atoms. The summed E-state index contributed by atoms with van der Waals surface area (Å²) in [4.78, 5) is 60.6. The number of nitrogens with one attached hydrogen (secondary N) is 1. The van der Waals surface area contributed by atoms with Gasteiger partial charge in [-0.2, -0.15) is 0 Å². The van der Waals surface area contributed by atoms with Gasteiger partial charge in [0, 0.05) is 30.6 Å². The molecule has 0 radical (unpaired) electrons. The summed E-state index contributed by atoms with van der Waals surface area (Å²) in [5, 5.41) is 1.36. The number of amides is 3. The molecule has 2 aliphatic heterocycles. The second-order valence-corrected chi connectivity index (χ2v) is 7.82. The van der Waals surface area contributed by atoms with Crippen LogP contribution >= 0.6 is 0 Å². The molecule has 2 aromatic carbocycles. The first kappa shape index (κ1) is 22.9. The van der Waals surface area contributed by atoms with Crippen LogP contribution < -0.4 is 16.3 Å². The number of hydrogen-bond donors (Lipinski definition) is 2. The third-order valence-corrected chi connectivity index (χ3v) is 5.61. The van der Waals surface area contributed by atoms with Crippen molar-refractivity contribution in [1.82, 2.24) is 10.5 Å². The highest BCUT2D eigenvalue weighted by molar-refractivity contribution is 6.45. The average molecular weight is 461 g/mol. The lowest BCUT2D eigenvalue weighted by molar-refractivity contribution is -0.140. The van der Waals surface area contributed by atoms with Crippen molar-refractivity contribution in [3.05, 3.63) is 78.0 Å². The molecule has 3 N–H and O–H groups in total. The molecule has 34 heavy (non-hydrogen) atoms. The maximum absolute atomic E-state index is 13.4. The van der Waals surface area contributed by atoms with E-state index in [9.17, 15) is 19.2 Å². The van der Waals surface area contributed by atoms with Gasteiger partial charge in [0.2, 0.25) is 5.91 Å². The van der Waals surface area contributed by atoms with Crippen LogP contribution in [-0.4, -0.2) is 47.4 Å². The minimum Gasteiger partial charge on any atom is -0.369 e. The number of hydrazine groups is 1. The molecule has 2 saturated heterocycles. The quantitative estimate of drug-likeness (QED) is 0.507. The van der Waals surface area contributed by atoms with Gasteiger partial charge in [-0.15, -0.1) is 0 Å². The lowest BCUT2D eigenvalue weighted by Crippen LogP contribution is -2.44. The number of anilines is 1. The van der Waals surface area contributed by atoms with Crippen molar-refractivity contribution in [2.75, 3.05) is 18.1 Å². The molecule has 2 aliphatic rings. The molecule has 3 amide bonds. The Hall–Kier alpha value is -4.31. The number of nitrogens with two attached hydrogens (primary N) is 1. The smallest absolute Gasteiger partial charge is 0.369 e. The molecule has 0 aliphatic carbocycles. The van der Waals surface area contributed by atoms with Crippen LogP contribution in [0.25, 0.3) is 0 Å². The SMILES string of the molecule is NC(=O)C1CCN(C(=O)C(/C=C2\C(=O)ONN2c2ccccc2)=NC(=O)c2ccccc2)CC1. The van der Waals surface area contributed by atoms with Gasteiger partial charge in [0.1, 0.15) is 5.71 Å². The van der Waals surface area contributed by atoms with Crippen LogP contribution in [0.1, 0.15) is 23.2 Å². The first-order valence-electron chi connectivity index (χ1n) is 10.7. The lowest BCUT2D eigenvalue weighted by Gasteiger charge is -2.30. The van der Waals surface area contributed by atoms with Crippen LogP contribution in [0.2, 0.25) is 0 Å². The first-order chi connectivity index (χ1) is 16.4. The van der Waals surface area contributed by atoms with Gasteiger partial charge in [-0.1, -0.05) is 42.0 Å². The zero-order valence-electron chi connectivity index (χ0n) is 18.2. The van der Waals surface area contributed by atoms with E-state index in [2.05, 4.69) is 10.6 Å². The highest BCUT2D eigenvalue weighted by atomic mass is 16.7. The topological polar surface area (TPSA) is 134 Å². The Labute approximate surface area is 195 Å². The molecule has 174 valence electrons. The van der Waals surface area contributed by atoms with E-state index >= 15 is 0 Å². The Bertz CT molecular complexity index is 1150. The maximum atomic E-state index is 13.4. The third kappa shape index (κ3) is 5.02. The summed E-state index contributed by atoms with van der Waals surface area (Å²) in [7, 11) is 0. The van der Waals surface area contributed by atoms with Crippen molar-refractivity contribution in [3.63, 3.8) is 0 Å². The Balaban J connectivity index is 1.68. The normalized spacial score (nSPS) is 18.2. The zero-order valence-corrected chi connectivity index (χ0v) is 18.2. The van der Waals surface area contributed by atoms with Crippen LogP contribution in [-0.2, 0) is 19.2 Å². The second-order valence-electron chi connectivity index (χ2n) is 7.82. The molecular formula is C24H23N5O5. The largest absolute Gasteiger partial charge is 0.376 e. The Morgan fingerprint density at radius 1 is 1.00 bits per heavy atom. The maximum Gasteiger partial charge on any atom is 0.376 e. The number of benzene rings is 2. The summed E-state index contributed by atoms with van der Waals surface area (Å²) >= 11 is 0. The highest BCUT2D eigenvalue weighted by Gasteiger charge is 2.33. The van der Waals surface area contributed by atoms with E-state index in [0.717, 1.165) is 0 Å². The fourth-order valence-corrected chi connectivity index (χ4v) is 3.73. The predicted molar refractivity (Wildman–Crippen MR) is 123 cm³/mol. The molecule has 0 atom stereocenters. The molecular weight excluding hydrogens is 438 g/mol. The number of likely N-dealkylation sites (tertiary alicyclic amines) is 1. The van der Waals surface area contributed by atoms with Crippen molar-refractivity contribution in [2.45, 2.75) is 12.8 Å². The van der Waals surface area contributed by atoms with Gasteiger partial charge < -0.3 is 15.5 Å². The summed E-state index contributed by atoms with van der Waals surface area (Å²) in [6, 6.07) is 17.2. The Morgan fingerprint density at radius 2 is 1.62 bits per heavy atom. The number of carbonyl (C=O) groups is 4. The van der Waals surface area contributed by atoms with E-state index in [4.69, 9.17) is 10.6 Å². The van der Waals surface area contributed by atoms with Crippen molar-refractivity contribution in [3.8, 4) is 0 Å². The fourth-order valence-electron chi connectivity index (χ4n) is 3.73. The van der Waals surface area contributed by atoms with Gasteiger partial charge in [0.25, 0.3) is 11.8 Å². The van der Waals surface area contributed by atoms with E-state index < -0.39 is 23.7 Å². The fraction of sp³-hybridized carbons (Fsp3) is 0.208. The van der Waals surface area contributed by atoms with E-state index in [-0.39, 0.29) is 30.4 Å². The van der Waals surface area contributed by atoms with Gasteiger partial charge in [0.15, 0.2) is 5.70 Å². The molecule has 10 heteroatoms. The molecule has 2 aromatic rings. The molecule has 0 unspecified atom stereocenters. The molecule has 0 aromatic heterocycles. The summed E-state index contributed by atoms with van der Waals surface area (Å²) in [6.07, 6.45) is 2.06. The number of para-hydroxylation sites is 1. The van der Waals surface area contributed by atoms with E-state index in [1.54, 1.807) is 54.6 Å². The average Bonchev–Trinajstić information content (AvgIpc) is 3.24. The Morgan fingerprint density at radius 3 is 2.24 bits per heavy atom. The Kier molecular flexibility index (Phi) is 6.79. The van der Waals surface area contributed by atoms with Crippen LogP contribution in [0.15, 0.2) is 77.4 Å². The van der Waals surface area contributed by atoms with Gasteiger partial charge in [0.05, 0.1) is 5.69 Å². The van der Waals surface area contributed by atoms with E-state index in [1.807, 2.05) is 6.07 Å². The molecule has 4 rings (SSSR count). The van der Waals surface area contributed by atoms with Crippen molar-refractivity contribution in [2.24, 2.45) is 16.6 Å². The number of hydrogen-bond acceptors (Lipinski definition) is 7. The third-order valence-electron chi connectivity index (χ3n) is 5.61. The van der Waals surface area contributed by atoms with Gasteiger partial charge >= 0.3 is 5.97 Å². The number of nitrogens with zero attached hydrogens (tertiary/aromatic N) is 3. The zero-order chi connectivity index (χ0) is 24.1. The standard InChI is InChI=1S/C24H23N5O5/c25-21(30)16-11-13-28(14-12-16)23(32)19(26-22(31)17-7-3-1-4-8-17)15-20-24(33)34-27-29(20)18-9-5-2-6-10-18/h1-10,15-16,27H,11-14H2,(H2,25,30)/b20-15+,26-19?. The summed E-state index contributed by atoms with van der Waals surface area (Å²) in [6.45, 7) is 0.554. The summed E-state index contributed by atoms with van der Waals surface area (Å²) < 4.78 is 0. The summed E-state index contributed by atoms with van der Waals surface area (Å²) in [5.41, 5.74) is 8.54. The number of rotatable bonds is 5. The van der Waals surface area contributed by atoms with Crippen molar-refractivity contribution >= 4 is 35.1 Å². The number of carbonyl (C=O) groups excluding carboxylic acids is 4. The van der Waals surface area contributed by atoms with Gasteiger partial charge in [-0.05, 0) is 37.1 Å². The minimum absolute atomic E-state index is 0.00816. The minimum atomic E-state index is -0.732. The van der Waals surface area contributed by atoms with Crippen LogP contribution in [0, 0.1) is 5.92 Å². The van der Waals surface area contributed by atoms with Gasteiger partial charge in [-0.3, -0.25) is 14.4 Å². The first-order valence-corrected chi connectivity index (χ1v) is 10.7. The van der Waals surface area contributed by atoms with Crippen LogP contribution in [0.4, 0.5) is 5.69 Å². The van der Waals surface area contributed by atoms with E-state index in [1.165, 1.54) is 16.0 Å².